The Kier molecular flexibility index (Phi) is 4.43. The van der Waals surface area contributed by atoms with E-state index in [0.29, 0.717) is 6.61 Å². The van der Waals surface area contributed by atoms with E-state index in [0.717, 1.165) is 11.3 Å². The van der Waals surface area contributed by atoms with Gasteiger partial charge in [-0.2, -0.15) is 0 Å². The number of aromatic nitrogens is 1. The van der Waals surface area contributed by atoms with Crippen LogP contribution in [0.5, 0.6) is 11.5 Å². The molecule has 0 fully saturated rings. The predicted octanol–water partition coefficient (Wildman–Crippen LogP) is 5.26. The fraction of sp³-hybridized carbons (Fsp3) is 0.231. The van der Waals surface area contributed by atoms with Crippen LogP contribution in [-0.2, 0) is 7.05 Å². The zero-order valence-corrected chi connectivity index (χ0v) is 17.5. The molecule has 0 amide bonds. The van der Waals surface area contributed by atoms with E-state index >= 15 is 0 Å². The van der Waals surface area contributed by atoms with E-state index in [4.69, 9.17) is 4.74 Å². The molecule has 1 aliphatic rings. The minimum absolute atomic E-state index is 0.149. The molecule has 0 aliphatic carbocycles. The molecule has 3 aromatic carbocycles. The Bertz CT molecular complexity index is 1210. The Morgan fingerprint density at radius 2 is 1.73 bits per heavy atom. The maximum atomic E-state index is 9.98. The maximum absolute atomic E-state index is 9.98. The van der Waals surface area contributed by atoms with Gasteiger partial charge in [-0.25, -0.2) is 0 Å². The highest BCUT2D eigenvalue weighted by atomic mass is 16.5. The number of phenols is 1. The Balaban J connectivity index is 1.68. The van der Waals surface area contributed by atoms with Gasteiger partial charge < -0.3 is 19.3 Å². The summed E-state index contributed by atoms with van der Waals surface area (Å²) in [7, 11) is 6.21. The highest BCUT2D eigenvalue weighted by molar-refractivity contribution is 5.85. The van der Waals surface area contributed by atoms with Crippen LogP contribution in [0, 0.1) is 0 Å². The number of benzene rings is 3. The molecule has 0 radical (unpaired) electrons. The van der Waals surface area contributed by atoms with Gasteiger partial charge in [-0.15, -0.1) is 0 Å². The molecule has 0 saturated heterocycles. The molecule has 4 aromatic rings. The summed E-state index contributed by atoms with van der Waals surface area (Å²) in [6.45, 7) is 0.574. The van der Waals surface area contributed by atoms with Crippen molar-refractivity contribution in [2.24, 2.45) is 7.05 Å². The average Bonchev–Trinajstić information content (AvgIpc) is 3.09. The molecule has 0 spiro atoms. The number of rotatable bonds is 3. The summed E-state index contributed by atoms with van der Waals surface area (Å²) in [5.74, 6) is 1.34. The number of hydrogen-bond donors (Lipinski definition) is 1. The number of nitrogens with zero attached hydrogens (tertiary/aromatic N) is 2. The van der Waals surface area contributed by atoms with E-state index in [1.807, 2.05) is 6.07 Å². The van der Waals surface area contributed by atoms with Gasteiger partial charge in [-0.3, -0.25) is 0 Å². The van der Waals surface area contributed by atoms with Crippen molar-refractivity contribution in [2.45, 2.75) is 11.8 Å². The zero-order valence-electron chi connectivity index (χ0n) is 17.5. The molecule has 4 nitrogen and oxygen atoms in total. The van der Waals surface area contributed by atoms with Crippen molar-refractivity contribution >= 4 is 16.6 Å². The number of hydrogen-bond acceptors (Lipinski definition) is 3. The summed E-state index contributed by atoms with van der Waals surface area (Å²) < 4.78 is 8.36. The van der Waals surface area contributed by atoms with Crippen molar-refractivity contribution < 1.29 is 9.84 Å². The number of fused-ring (bicyclic) bond motifs is 2. The number of para-hydroxylation sites is 1. The van der Waals surface area contributed by atoms with E-state index in [-0.39, 0.29) is 17.6 Å². The van der Waals surface area contributed by atoms with Crippen LogP contribution in [0.3, 0.4) is 0 Å². The minimum atomic E-state index is 0.149. The largest absolute Gasteiger partial charge is 0.508 e. The topological polar surface area (TPSA) is 37.6 Å². The predicted molar refractivity (Wildman–Crippen MR) is 122 cm³/mol. The van der Waals surface area contributed by atoms with Gasteiger partial charge in [0.1, 0.15) is 11.5 Å². The lowest BCUT2D eigenvalue weighted by Crippen LogP contribution is -2.25. The second kappa shape index (κ2) is 7.13. The Morgan fingerprint density at radius 3 is 2.50 bits per heavy atom. The molecular weight excluding hydrogens is 372 g/mol. The third-order valence-electron chi connectivity index (χ3n) is 6.25. The van der Waals surface area contributed by atoms with Gasteiger partial charge in [-0.05, 0) is 35.4 Å². The van der Waals surface area contributed by atoms with Gasteiger partial charge in [0, 0.05) is 67.4 Å². The van der Waals surface area contributed by atoms with Gasteiger partial charge >= 0.3 is 0 Å². The lowest BCUT2D eigenvalue weighted by molar-refractivity contribution is 0.248. The highest BCUT2D eigenvalue weighted by Crippen LogP contribution is 2.48. The highest BCUT2D eigenvalue weighted by Gasteiger charge is 2.35. The fourth-order valence-electron chi connectivity index (χ4n) is 4.73. The van der Waals surface area contributed by atoms with Crippen LogP contribution in [-0.4, -0.2) is 30.4 Å². The molecule has 1 N–H and O–H groups in total. The van der Waals surface area contributed by atoms with E-state index in [2.05, 4.69) is 85.3 Å². The van der Waals surface area contributed by atoms with Gasteiger partial charge in [0.05, 0.1) is 6.61 Å². The number of ether oxygens (including phenoxy) is 1. The van der Waals surface area contributed by atoms with Crippen LogP contribution in [0.25, 0.3) is 10.9 Å². The molecule has 0 saturated carbocycles. The first kappa shape index (κ1) is 18.6. The normalized spacial score (nSPS) is 18.1. The molecule has 2 unspecified atom stereocenters. The summed E-state index contributed by atoms with van der Waals surface area (Å²) in [6, 6.07) is 22.8. The Labute approximate surface area is 176 Å². The summed E-state index contributed by atoms with van der Waals surface area (Å²) in [5.41, 5.74) is 6.08. The smallest absolute Gasteiger partial charge is 0.126 e. The molecule has 0 bridgehead atoms. The SMILES string of the molecule is CN(C)c1ccc(C2c3ccc(O)cc3OCC2c2cn(C)c3ccccc23)cc1. The quantitative estimate of drug-likeness (QED) is 0.512. The monoisotopic (exact) mass is 398 g/mol. The van der Waals surface area contributed by atoms with E-state index < -0.39 is 0 Å². The number of phenolic OH excluding ortho intramolecular Hbond substituents is 1. The van der Waals surface area contributed by atoms with Crippen molar-refractivity contribution in [1.82, 2.24) is 4.57 Å². The molecule has 1 aromatic heterocycles. The Morgan fingerprint density at radius 1 is 0.967 bits per heavy atom. The van der Waals surface area contributed by atoms with Crippen molar-refractivity contribution in [2.75, 3.05) is 25.6 Å². The van der Waals surface area contributed by atoms with Crippen LogP contribution in [0.2, 0.25) is 0 Å². The van der Waals surface area contributed by atoms with Gasteiger partial charge in [-0.1, -0.05) is 36.4 Å². The Hall–Kier alpha value is -3.40. The average molecular weight is 399 g/mol. The summed E-state index contributed by atoms with van der Waals surface area (Å²) in [4.78, 5) is 2.11. The van der Waals surface area contributed by atoms with Crippen LogP contribution >= 0.6 is 0 Å². The number of aryl methyl sites for hydroxylation is 1. The first-order chi connectivity index (χ1) is 14.5. The van der Waals surface area contributed by atoms with Crippen LogP contribution in [0.1, 0.15) is 28.5 Å². The molecule has 152 valence electrons. The molecular formula is C26H26N2O2. The zero-order chi connectivity index (χ0) is 20.8. The summed E-state index contributed by atoms with van der Waals surface area (Å²) >= 11 is 0. The van der Waals surface area contributed by atoms with Crippen LogP contribution in [0.4, 0.5) is 5.69 Å². The first-order valence-corrected chi connectivity index (χ1v) is 10.3. The van der Waals surface area contributed by atoms with E-state index in [1.54, 1.807) is 12.1 Å². The van der Waals surface area contributed by atoms with E-state index in [1.165, 1.54) is 27.7 Å². The molecule has 2 atom stereocenters. The third-order valence-corrected chi connectivity index (χ3v) is 6.25. The lowest BCUT2D eigenvalue weighted by Gasteiger charge is -2.34. The molecule has 4 heteroatoms. The van der Waals surface area contributed by atoms with Gasteiger partial charge in [0.15, 0.2) is 0 Å². The standard InChI is InChI=1S/C26H26N2O2/c1-27(2)18-10-8-17(9-11-18)26-21-13-12-19(29)14-25(21)30-16-23(26)22-15-28(3)24-7-5-4-6-20(22)24/h4-15,23,26,29H,16H2,1-3H3. The lowest BCUT2D eigenvalue weighted by atomic mass is 9.75. The maximum Gasteiger partial charge on any atom is 0.126 e. The minimum Gasteiger partial charge on any atom is -0.508 e. The van der Waals surface area contributed by atoms with Crippen molar-refractivity contribution in [1.29, 1.82) is 0 Å². The molecule has 2 heterocycles. The molecule has 5 rings (SSSR count). The second-order valence-corrected chi connectivity index (χ2v) is 8.32. The first-order valence-electron chi connectivity index (χ1n) is 10.3. The van der Waals surface area contributed by atoms with Crippen molar-refractivity contribution in [3.8, 4) is 11.5 Å². The van der Waals surface area contributed by atoms with Crippen LogP contribution < -0.4 is 9.64 Å². The third kappa shape index (κ3) is 3.00. The fourth-order valence-corrected chi connectivity index (χ4v) is 4.73. The van der Waals surface area contributed by atoms with Gasteiger partial charge in [0.2, 0.25) is 0 Å². The number of aromatic hydroxyl groups is 1. The van der Waals surface area contributed by atoms with Crippen molar-refractivity contribution in [3.05, 3.63) is 89.6 Å². The number of anilines is 1. The summed E-state index contributed by atoms with van der Waals surface area (Å²) in [5, 5.41) is 11.3. The summed E-state index contributed by atoms with van der Waals surface area (Å²) in [6.07, 6.45) is 2.24. The van der Waals surface area contributed by atoms with Crippen LogP contribution in [0.15, 0.2) is 72.9 Å². The second-order valence-electron chi connectivity index (χ2n) is 8.32. The molecule has 1 aliphatic heterocycles. The van der Waals surface area contributed by atoms with Gasteiger partial charge in [0.25, 0.3) is 0 Å². The van der Waals surface area contributed by atoms with E-state index in [9.17, 15) is 5.11 Å². The molecule has 30 heavy (non-hydrogen) atoms. The van der Waals surface area contributed by atoms with Crippen molar-refractivity contribution in [3.63, 3.8) is 0 Å².